The lowest BCUT2D eigenvalue weighted by molar-refractivity contribution is -0.147. The molecule has 7 nitrogen and oxygen atoms in total. The number of hydrogen-bond donors (Lipinski definition) is 2. The van der Waals surface area contributed by atoms with Gasteiger partial charge in [-0.1, -0.05) is 60.7 Å². The predicted octanol–water partition coefficient (Wildman–Crippen LogP) is 5.22. The van der Waals surface area contributed by atoms with E-state index in [0.29, 0.717) is 18.7 Å². The molecule has 3 aromatic carbocycles. The fourth-order valence-electron chi connectivity index (χ4n) is 4.28. The summed E-state index contributed by atoms with van der Waals surface area (Å²) in [6, 6.07) is 22.9. The van der Waals surface area contributed by atoms with Crippen LogP contribution < -0.4 is 9.46 Å². The molecule has 0 aliphatic heterocycles. The maximum absolute atomic E-state index is 12.6. The van der Waals surface area contributed by atoms with Crippen LogP contribution in [0.4, 0.5) is 5.69 Å². The van der Waals surface area contributed by atoms with E-state index >= 15 is 0 Å². The summed E-state index contributed by atoms with van der Waals surface area (Å²) in [5.41, 5.74) is 1.87. The Balaban J connectivity index is 1.28. The average Bonchev–Trinajstić information content (AvgIpc) is 3.72. The Bertz CT molecular complexity index is 1370. The SMILES string of the molecule is COC(=O)C1(CCc2ccccc2OCC[C@@H](O)/C=C/c2cccc(NS(=O)(=O)c3ccccc3)c2)CC1. The van der Waals surface area contributed by atoms with E-state index in [2.05, 4.69) is 4.72 Å². The van der Waals surface area contributed by atoms with Crippen LogP contribution in [0.15, 0.2) is 89.8 Å². The molecule has 0 aromatic heterocycles. The van der Waals surface area contributed by atoms with Gasteiger partial charge in [0.2, 0.25) is 0 Å². The number of rotatable bonds is 13. The number of aliphatic hydroxyl groups is 1. The lowest BCUT2D eigenvalue weighted by Gasteiger charge is -2.15. The second-order valence-electron chi connectivity index (χ2n) is 9.49. The Morgan fingerprint density at radius 2 is 1.79 bits per heavy atom. The van der Waals surface area contributed by atoms with E-state index in [4.69, 9.17) is 9.47 Å². The van der Waals surface area contributed by atoms with Gasteiger partial charge in [0.05, 0.1) is 30.1 Å². The maximum Gasteiger partial charge on any atom is 0.311 e. The summed E-state index contributed by atoms with van der Waals surface area (Å²) in [5.74, 6) is 0.618. The highest BCUT2D eigenvalue weighted by Gasteiger charge is 2.50. The smallest absolute Gasteiger partial charge is 0.311 e. The highest BCUT2D eigenvalue weighted by molar-refractivity contribution is 7.92. The van der Waals surface area contributed by atoms with Crippen LogP contribution in [-0.4, -0.2) is 39.3 Å². The Hall–Kier alpha value is -3.62. The number of aryl methyl sites for hydroxylation is 1. The number of carbonyl (C=O) groups is 1. The van der Waals surface area contributed by atoms with E-state index in [1.54, 1.807) is 48.6 Å². The van der Waals surface area contributed by atoms with Gasteiger partial charge >= 0.3 is 5.97 Å². The Kier molecular flexibility index (Phi) is 8.86. The second-order valence-corrected chi connectivity index (χ2v) is 11.2. The van der Waals surface area contributed by atoms with E-state index in [1.165, 1.54) is 19.2 Å². The van der Waals surface area contributed by atoms with Gasteiger partial charge in [0.1, 0.15) is 5.75 Å². The van der Waals surface area contributed by atoms with Gasteiger partial charge in [0, 0.05) is 12.1 Å². The number of methoxy groups -OCH3 is 1. The molecule has 1 aliphatic carbocycles. The Labute approximate surface area is 224 Å². The van der Waals surface area contributed by atoms with E-state index in [9.17, 15) is 18.3 Å². The zero-order chi connectivity index (χ0) is 27.0. The zero-order valence-electron chi connectivity index (χ0n) is 21.4. The number of benzene rings is 3. The number of para-hydroxylation sites is 1. The van der Waals surface area contributed by atoms with Crippen molar-refractivity contribution in [1.29, 1.82) is 0 Å². The molecule has 0 bridgehead atoms. The van der Waals surface area contributed by atoms with Crippen molar-refractivity contribution in [3.05, 3.63) is 96.1 Å². The summed E-state index contributed by atoms with van der Waals surface area (Å²) >= 11 is 0. The highest BCUT2D eigenvalue weighted by Crippen LogP contribution is 2.50. The summed E-state index contributed by atoms with van der Waals surface area (Å²) in [6.45, 7) is 0.321. The molecule has 0 unspecified atom stereocenters. The number of hydrogen-bond acceptors (Lipinski definition) is 6. The molecule has 0 radical (unpaired) electrons. The lowest BCUT2D eigenvalue weighted by Crippen LogP contribution is -2.18. The topological polar surface area (TPSA) is 102 Å². The molecule has 1 aliphatic rings. The molecule has 4 rings (SSSR count). The van der Waals surface area contributed by atoms with E-state index in [-0.39, 0.29) is 16.3 Å². The maximum atomic E-state index is 12.6. The van der Waals surface area contributed by atoms with E-state index < -0.39 is 16.1 Å². The standard InChI is InChI=1S/C30H33NO6S/c1-36-29(33)30(19-20-30)18-16-24-9-5-6-13-28(24)37-21-17-26(32)15-14-23-8-7-10-25(22-23)31-38(34,35)27-11-3-2-4-12-27/h2-15,22,26,31-32H,16-21H2,1H3/b15-14+/t26-/m0/s1. The van der Waals surface area contributed by atoms with Gasteiger partial charge < -0.3 is 14.6 Å². The average molecular weight is 536 g/mol. The molecule has 38 heavy (non-hydrogen) atoms. The van der Waals surface area contributed by atoms with E-state index in [1.807, 2.05) is 30.3 Å². The summed E-state index contributed by atoms with van der Waals surface area (Å²) in [6.07, 6.45) is 6.24. The molecule has 2 N–H and O–H groups in total. The van der Waals surface area contributed by atoms with Crippen molar-refractivity contribution < 1.29 is 27.8 Å². The minimum absolute atomic E-state index is 0.134. The normalized spacial score (nSPS) is 15.1. The molecule has 8 heteroatoms. The number of nitrogens with one attached hydrogen (secondary N) is 1. The summed E-state index contributed by atoms with van der Waals surface area (Å²) in [7, 11) is -2.25. The van der Waals surface area contributed by atoms with Crippen LogP contribution in [0.2, 0.25) is 0 Å². The van der Waals surface area contributed by atoms with Gasteiger partial charge in [-0.2, -0.15) is 0 Å². The van der Waals surface area contributed by atoms with Gasteiger partial charge in [-0.15, -0.1) is 0 Å². The van der Waals surface area contributed by atoms with Crippen molar-refractivity contribution in [1.82, 2.24) is 0 Å². The fourth-order valence-corrected chi connectivity index (χ4v) is 5.35. The first-order valence-corrected chi connectivity index (χ1v) is 14.1. The van der Waals surface area contributed by atoms with Crippen molar-refractivity contribution in [2.24, 2.45) is 5.41 Å². The minimum Gasteiger partial charge on any atom is -0.493 e. The van der Waals surface area contributed by atoms with Gasteiger partial charge in [0.25, 0.3) is 10.0 Å². The molecular formula is C30H33NO6S. The monoisotopic (exact) mass is 535 g/mol. The van der Waals surface area contributed by atoms with Crippen LogP contribution in [0.1, 0.15) is 36.8 Å². The van der Waals surface area contributed by atoms with Crippen LogP contribution in [0.3, 0.4) is 0 Å². The van der Waals surface area contributed by atoms with Crippen LogP contribution >= 0.6 is 0 Å². The number of anilines is 1. The first-order valence-electron chi connectivity index (χ1n) is 12.6. The van der Waals surface area contributed by atoms with E-state index in [0.717, 1.165) is 42.6 Å². The van der Waals surface area contributed by atoms with Crippen molar-refractivity contribution in [2.75, 3.05) is 18.4 Å². The number of ether oxygens (including phenoxy) is 2. The lowest BCUT2D eigenvalue weighted by atomic mass is 9.96. The molecule has 3 aromatic rings. The minimum atomic E-state index is -3.68. The largest absolute Gasteiger partial charge is 0.493 e. The molecule has 0 saturated heterocycles. The molecule has 1 atom stereocenters. The quantitative estimate of drug-likeness (QED) is 0.291. The first kappa shape index (κ1) is 27.4. The Morgan fingerprint density at radius 3 is 2.53 bits per heavy atom. The van der Waals surface area contributed by atoms with Crippen molar-refractivity contribution >= 4 is 27.8 Å². The van der Waals surface area contributed by atoms with Gasteiger partial charge in [-0.25, -0.2) is 8.42 Å². The van der Waals surface area contributed by atoms with Crippen LogP contribution in [0.5, 0.6) is 5.75 Å². The molecule has 0 amide bonds. The molecule has 200 valence electrons. The van der Waals surface area contributed by atoms with Gasteiger partial charge in [-0.3, -0.25) is 9.52 Å². The summed E-state index contributed by atoms with van der Waals surface area (Å²) < 4.78 is 38.6. The molecule has 1 fully saturated rings. The van der Waals surface area contributed by atoms with Crippen LogP contribution in [-0.2, 0) is 26.0 Å². The molecular weight excluding hydrogens is 502 g/mol. The van der Waals surface area contributed by atoms with Crippen molar-refractivity contribution in [3.8, 4) is 5.75 Å². The van der Waals surface area contributed by atoms with Gasteiger partial charge in [0.15, 0.2) is 0 Å². The van der Waals surface area contributed by atoms with Crippen molar-refractivity contribution in [2.45, 2.75) is 43.1 Å². The van der Waals surface area contributed by atoms with Crippen LogP contribution in [0.25, 0.3) is 6.08 Å². The molecule has 0 heterocycles. The zero-order valence-corrected chi connectivity index (χ0v) is 22.2. The molecule has 1 saturated carbocycles. The number of aliphatic hydroxyl groups excluding tert-OH is 1. The summed E-state index contributed by atoms with van der Waals surface area (Å²) in [4.78, 5) is 12.2. The number of sulfonamides is 1. The second kappa shape index (κ2) is 12.3. The van der Waals surface area contributed by atoms with Crippen LogP contribution in [0, 0.1) is 5.41 Å². The third kappa shape index (κ3) is 7.24. The fraction of sp³-hybridized carbons (Fsp3) is 0.300. The van der Waals surface area contributed by atoms with Gasteiger partial charge in [-0.05, 0) is 67.1 Å². The third-order valence-electron chi connectivity index (χ3n) is 6.69. The number of carbonyl (C=O) groups excluding carboxylic acids is 1. The summed E-state index contributed by atoms with van der Waals surface area (Å²) in [5, 5.41) is 10.4. The number of esters is 1. The Morgan fingerprint density at radius 1 is 1.05 bits per heavy atom. The van der Waals surface area contributed by atoms with Crippen molar-refractivity contribution in [3.63, 3.8) is 0 Å². The molecule has 0 spiro atoms. The first-order chi connectivity index (χ1) is 18.3. The predicted molar refractivity (Wildman–Crippen MR) is 147 cm³/mol. The third-order valence-corrected chi connectivity index (χ3v) is 8.09. The highest BCUT2D eigenvalue weighted by atomic mass is 32.2.